The Labute approximate surface area is 182 Å². The first-order chi connectivity index (χ1) is 14.6. The number of nitrogens with zero attached hydrogens (tertiary/aromatic N) is 3. The summed E-state index contributed by atoms with van der Waals surface area (Å²) in [6.07, 6.45) is 10.8. The van der Waals surface area contributed by atoms with E-state index in [-0.39, 0.29) is 0 Å². The molecule has 3 aliphatic rings. The maximum absolute atomic E-state index is 5.15. The molecule has 2 atom stereocenters. The molecule has 5 rings (SSSR count). The third-order valence-corrected chi connectivity index (χ3v) is 8.03. The van der Waals surface area contributed by atoms with Gasteiger partial charge in [0.05, 0.1) is 11.0 Å². The molecule has 2 saturated heterocycles. The van der Waals surface area contributed by atoms with E-state index in [1.54, 1.807) is 0 Å². The molecule has 0 amide bonds. The van der Waals surface area contributed by atoms with Crippen LogP contribution in [0.3, 0.4) is 0 Å². The van der Waals surface area contributed by atoms with Gasteiger partial charge in [-0.25, -0.2) is 4.98 Å². The molecule has 4 nitrogen and oxygen atoms in total. The summed E-state index contributed by atoms with van der Waals surface area (Å²) in [5.41, 5.74) is 3.09. The summed E-state index contributed by atoms with van der Waals surface area (Å²) in [4.78, 5) is 7.92. The summed E-state index contributed by atoms with van der Waals surface area (Å²) in [5.74, 6) is 2.81. The van der Waals surface area contributed by atoms with Crippen molar-refractivity contribution < 1.29 is 0 Å². The first-order valence-electron chi connectivity index (χ1n) is 12.5. The first-order valence-corrected chi connectivity index (χ1v) is 12.5. The normalized spacial score (nSPS) is 28.7. The molecule has 0 spiro atoms. The number of para-hydroxylation sites is 2. The van der Waals surface area contributed by atoms with Gasteiger partial charge in [-0.15, -0.1) is 0 Å². The molecule has 3 fully saturated rings. The maximum atomic E-state index is 5.15. The van der Waals surface area contributed by atoms with Crippen LogP contribution in [0.5, 0.6) is 0 Å². The van der Waals surface area contributed by atoms with Gasteiger partial charge in [-0.3, -0.25) is 0 Å². The van der Waals surface area contributed by atoms with E-state index in [1.807, 2.05) is 0 Å². The van der Waals surface area contributed by atoms with Crippen LogP contribution in [-0.2, 0) is 0 Å². The van der Waals surface area contributed by atoms with E-state index in [0.717, 1.165) is 19.0 Å². The average Bonchev–Trinajstić information content (AvgIpc) is 3.14. The third kappa shape index (κ3) is 4.31. The fourth-order valence-corrected chi connectivity index (χ4v) is 6.54. The Bertz CT molecular complexity index is 840. The second-order valence-electron chi connectivity index (χ2n) is 11.0. The molecule has 1 aromatic heterocycles. The third-order valence-electron chi connectivity index (χ3n) is 8.03. The van der Waals surface area contributed by atoms with Crippen LogP contribution in [0.1, 0.15) is 83.0 Å². The van der Waals surface area contributed by atoms with E-state index >= 15 is 0 Å². The highest BCUT2D eigenvalue weighted by molar-refractivity contribution is 5.76. The molecule has 2 aliphatic heterocycles. The van der Waals surface area contributed by atoms with E-state index in [0.29, 0.717) is 17.4 Å². The van der Waals surface area contributed by atoms with Crippen molar-refractivity contribution in [2.45, 2.75) is 77.2 Å². The summed E-state index contributed by atoms with van der Waals surface area (Å²) in [6, 6.07) is 9.41. The van der Waals surface area contributed by atoms with E-state index in [1.165, 1.54) is 87.9 Å². The summed E-state index contributed by atoms with van der Waals surface area (Å²) in [7, 11) is 0. The zero-order valence-electron chi connectivity index (χ0n) is 19.1. The highest BCUT2D eigenvalue weighted by Gasteiger charge is 2.32. The Hall–Kier alpha value is -1.39. The highest BCUT2D eigenvalue weighted by atomic mass is 15.2. The van der Waals surface area contributed by atoms with Crippen molar-refractivity contribution in [1.29, 1.82) is 0 Å². The van der Waals surface area contributed by atoms with Gasteiger partial charge in [-0.05, 0) is 75.0 Å². The van der Waals surface area contributed by atoms with Gasteiger partial charge >= 0.3 is 0 Å². The van der Waals surface area contributed by atoms with Crippen molar-refractivity contribution in [2.75, 3.05) is 32.7 Å². The van der Waals surface area contributed by atoms with Crippen LogP contribution < -0.4 is 5.32 Å². The number of aromatic nitrogens is 2. The molecule has 2 aromatic rings. The van der Waals surface area contributed by atoms with Gasteiger partial charge in [0.25, 0.3) is 0 Å². The topological polar surface area (TPSA) is 33.1 Å². The molecule has 4 heteroatoms. The molecule has 2 unspecified atom stereocenters. The quantitative estimate of drug-likeness (QED) is 0.740. The minimum absolute atomic E-state index is 0.555. The van der Waals surface area contributed by atoms with Crippen LogP contribution >= 0.6 is 0 Å². The molecule has 0 bridgehead atoms. The van der Waals surface area contributed by atoms with Crippen LogP contribution in [0.15, 0.2) is 24.3 Å². The van der Waals surface area contributed by atoms with Crippen molar-refractivity contribution in [1.82, 2.24) is 19.8 Å². The highest BCUT2D eigenvalue weighted by Crippen LogP contribution is 2.39. The van der Waals surface area contributed by atoms with E-state index in [2.05, 4.69) is 52.9 Å². The smallest absolute Gasteiger partial charge is 0.114 e. The van der Waals surface area contributed by atoms with Crippen LogP contribution in [0.2, 0.25) is 0 Å². The Kier molecular flexibility index (Phi) is 5.90. The fourth-order valence-electron chi connectivity index (χ4n) is 6.54. The van der Waals surface area contributed by atoms with Gasteiger partial charge in [0.2, 0.25) is 0 Å². The van der Waals surface area contributed by atoms with Gasteiger partial charge < -0.3 is 14.8 Å². The number of imidazole rings is 1. The Balaban J connectivity index is 1.30. The molecule has 3 heterocycles. The monoisotopic (exact) mass is 408 g/mol. The molecule has 30 heavy (non-hydrogen) atoms. The predicted octanol–water partition coefficient (Wildman–Crippen LogP) is 5.36. The van der Waals surface area contributed by atoms with Gasteiger partial charge in [0.15, 0.2) is 0 Å². The average molecular weight is 409 g/mol. The summed E-state index contributed by atoms with van der Waals surface area (Å²) < 4.78 is 2.65. The molecule has 1 aliphatic carbocycles. The minimum atomic E-state index is 0.555. The van der Waals surface area contributed by atoms with Gasteiger partial charge in [0.1, 0.15) is 5.82 Å². The van der Waals surface area contributed by atoms with E-state index in [9.17, 15) is 0 Å². The number of nitrogens with one attached hydrogen (secondary N) is 1. The van der Waals surface area contributed by atoms with Crippen LogP contribution in [0.4, 0.5) is 0 Å². The van der Waals surface area contributed by atoms with Crippen molar-refractivity contribution >= 4 is 11.0 Å². The lowest BCUT2D eigenvalue weighted by molar-refractivity contribution is 0.109. The lowest BCUT2D eigenvalue weighted by atomic mass is 9.72. The molecule has 1 saturated carbocycles. The van der Waals surface area contributed by atoms with Gasteiger partial charge in [-0.2, -0.15) is 0 Å². The number of rotatable bonds is 4. The van der Waals surface area contributed by atoms with E-state index in [4.69, 9.17) is 4.98 Å². The second kappa shape index (κ2) is 8.63. The minimum Gasteiger partial charge on any atom is -0.324 e. The SMILES string of the molecule is CC1(C)CCCC(CN2CCC(n3c(C4CCCNC4)nc4ccccc43)CC2)C1. The van der Waals surface area contributed by atoms with E-state index < -0.39 is 0 Å². The maximum Gasteiger partial charge on any atom is 0.114 e. The van der Waals surface area contributed by atoms with Crippen molar-refractivity contribution in [3.8, 4) is 0 Å². The molecule has 164 valence electrons. The summed E-state index contributed by atoms with van der Waals surface area (Å²) >= 11 is 0. The summed E-state index contributed by atoms with van der Waals surface area (Å²) in [5, 5.41) is 3.61. The molecule has 0 radical (unpaired) electrons. The number of hydrogen-bond donors (Lipinski definition) is 1. The number of fused-ring (bicyclic) bond motifs is 1. The predicted molar refractivity (Wildman–Crippen MR) is 125 cm³/mol. The first kappa shape index (κ1) is 20.5. The number of piperidine rings is 2. The number of benzene rings is 1. The number of hydrogen-bond acceptors (Lipinski definition) is 3. The molecular formula is C26H40N4. The Morgan fingerprint density at radius 3 is 2.67 bits per heavy atom. The Morgan fingerprint density at radius 1 is 1.07 bits per heavy atom. The number of likely N-dealkylation sites (tertiary alicyclic amines) is 1. The lowest BCUT2D eigenvalue weighted by Crippen LogP contribution is -2.40. The molecule has 1 aromatic carbocycles. The van der Waals surface area contributed by atoms with Crippen LogP contribution in [0.25, 0.3) is 11.0 Å². The van der Waals surface area contributed by atoms with Crippen molar-refractivity contribution in [3.63, 3.8) is 0 Å². The van der Waals surface area contributed by atoms with Gasteiger partial charge in [-0.1, -0.05) is 32.4 Å². The van der Waals surface area contributed by atoms with Crippen LogP contribution in [0, 0.1) is 11.3 Å². The largest absolute Gasteiger partial charge is 0.324 e. The standard InChI is InChI=1S/C26H40N4/c1-26(2)13-5-7-20(17-26)19-29-15-11-22(12-16-29)30-24-10-4-3-9-23(24)28-25(30)21-8-6-14-27-18-21/h3-4,9-10,20-22,27H,5-8,11-19H2,1-2H3. The molecule has 1 N–H and O–H groups in total. The molecular weight excluding hydrogens is 368 g/mol. The Morgan fingerprint density at radius 2 is 1.90 bits per heavy atom. The summed E-state index contributed by atoms with van der Waals surface area (Å²) in [6.45, 7) is 11.0. The van der Waals surface area contributed by atoms with Crippen LogP contribution in [-0.4, -0.2) is 47.2 Å². The van der Waals surface area contributed by atoms with Gasteiger partial charge in [0, 0.05) is 38.1 Å². The lowest BCUT2D eigenvalue weighted by Gasteiger charge is -2.40. The zero-order chi connectivity index (χ0) is 20.6. The zero-order valence-corrected chi connectivity index (χ0v) is 19.1. The van der Waals surface area contributed by atoms with Crippen molar-refractivity contribution in [3.05, 3.63) is 30.1 Å². The van der Waals surface area contributed by atoms with Crippen molar-refractivity contribution in [2.24, 2.45) is 11.3 Å². The fraction of sp³-hybridized carbons (Fsp3) is 0.731. The second-order valence-corrected chi connectivity index (χ2v) is 11.0.